The van der Waals surface area contributed by atoms with Crippen LogP contribution in [0.1, 0.15) is 70.0 Å². The van der Waals surface area contributed by atoms with Crippen LogP contribution in [0.5, 0.6) is 0 Å². The SMILES string of the molecule is CCC(C)(NC(=O)CCc1nc(C2CCCC2)no1)C(=O)O. The topological polar surface area (TPSA) is 105 Å². The summed E-state index contributed by atoms with van der Waals surface area (Å²) in [5, 5.41) is 15.7. The largest absolute Gasteiger partial charge is 0.480 e. The summed E-state index contributed by atoms with van der Waals surface area (Å²) in [6, 6.07) is 0. The van der Waals surface area contributed by atoms with E-state index in [9.17, 15) is 9.59 Å². The molecule has 1 aliphatic rings. The maximum Gasteiger partial charge on any atom is 0.329 e. The normalized spacial score (nSPS) is 18.1. The third kappa shape index (κ3) is 3.84. The highest BCUT2D eigenvalue weighted by Crippen LogP contribution is 2.32. The number of carbonyl (C=O) groups excluding carboxylic acids is 1. The van der Waals surface area contributed by atoms with Crippen LogP contribution in [-0.2, 0) is 16.0 Å². The molecule has 7 heteroatoms. The zero-order chi connectivity index (χ0) is 16.2. The Morgan fingerprint density at radius 2 is 2.09 bits per heavy atom. The van der Waals surface area contributed by atoms with Crippen LogP contribution in [0.15, 0.2) is 4.52 Å². The van der Waals surface area contributed by atoms with E-state index in [2.05, 4.69) is 15.5 Å². The lowest BCUT2D eigenvalue weighted by atomic mass is 9.99. The zero-order valence-electron chi connectivity index (χ0n) is 13.1. The molecule has 0 radical (unpaired) electrons. The Kier molecular flexibility index (Phi) is 5.15. The number of carboxylic acid groups (broad SMARTS) is 1. The summed E-state index contributed by atoms with van der Waals surface area (Å²) in [5.74, 6) is 0.182. The molecule has 1 amide bonds. The molecule has 22 heavy (non-hydrogen) atoms. The standard InChI is InChI=1S/C15H23N3O4/c1-3-15(2,14(20)21)17-11(19)8-9-12-16-13(18-22-12)10-6-4-5-7-10/h10H,3-9H2,1-2H3,(H,17,19)(H,20,21). The summed E-state index contributed by atoms with van der Waals surface area (Å²) in [6.07, 6.45) is 5.35. The van der Waals surface area contributed by atoms with Gasteiger partial charge in [-0.05, 0) is 26.2 Å². The van der Waals surface area contributed by atoms with E-state index < -0.39 is 11.5 Å². The average molecular weight is 309 g/mol. The molecule has 2 N–H and O–H groups in total. The zero-order valence-corrected chi connectivity index (χ0v) is 13.1. The number of aromatic nitrogens is 2. The first-order chi connectivity index (χ1) is 10.4. The maximum absolute atomic E-state index is 11.9. The van der Waals surface area contributed by atoms with E-state index >= 15 is 0 Å². The van der Waals surface area contributed by atoms with E-state index in [0.29, 0.717) is 24.7 Å². The highest BCUT2D eigenvalue weighted by Gasteiger charge is 2.32. The maximum atomic E-state index is 11.9. The molecule has 1 fully saturated rings. The highest BCUT2D eigenvalue weighted by molar-refractivity contribution is 5.86. The molecule has 0 spiro atoms. The Morgan fingerprint density at radius 1 is 1.41 bits per heavy atom. The molecule has 1 atom stereocenters. The number of nitrogens with one attached hydrogen (secondary N) is 1. The van der Waals surface area contributed by atoms with Crippen LogP contribution < -0.4 is 5.32 Å². The minimum atomic E-state index is -1.24. The van der Waals surface area contributed by atoms with Gasteiger partial charge in [0.1, 0.15) is 5.54 Å². The van der Waals surface area contributed by atoms with Crippen LogP contribution in [0.4, 0.5) is 0 Å². The quantitative estimate of drug-likeness (QED) is 0.798. The van der Waals surface area contributed by atoms with E-state index in [1.54, 1.807) is 6.92 Å². The number of amides is 1. The fourth-order valence-corrected chi connectivity index (χ4v) is 2.60. The molecule has 1 aromatic heterocycles. The number of hydrogen-bond acceptors (Lipinski definition) is 5. The predicted molar refractivity (Wildman–Crippen MR) is 78.3 cm³/mol. The summed E-state index contributed by atoms with van der Waals surface area (Å²) < 4.78 is 5.17. The van der Waals surface area contributed by atoms with Crippen LogP contribution in [0.3, 0.4) is 0 Å². The van der Waals surface area contributed by atoms with Crippen LogP contribution in [0, 0.1) is 0 Å². The van der Waals surface area contributed by atoms with Crippen molar-refractivity contribution in [2.45, 2.75) is 70.3 Å². The van der Waals surface area contributed by atoms with Crippen molar-refractivity contribution in [3.05, 3.63) is 11.7 Å². The van der Waals surface area contributed by atoms with Crippen molar-refractivity contribution in [3.63, 3.8) is 0 Å². The molecule has 122 valence electrons. The van der Waals surface area contributed by atoms with Crippen LogP contribution in [0.25, 0.3) is 0 Å². The molecule has 1 unspecified atom stereocenters. The number of carboxylic acids is 1. The van der Waals surface area contributed by atoms with E-state index in [1.165, 1.54) is 19.8 Å². The molecule has 2 rings (SSSR count). The van der Waals surface area contributed by atoms with Gasteiger partial charge < -0.3 is 14.9 Å². The molecular formula is C15H23N3O4. The number of nitrogens with zero attached hydrogens (tertiary/aromatic N) is 2. The third-order valence-electron chi connectivity index (χ3n) is 4.36. The fraction of sp³-hybridized carbons (Fsp3) is 0.733. The van der Waals surface area contributed by atoms with Gasteiger partial charge in [-0.3, -0.25) is 4.79 Å². The summed E-state index contributed by atoms with van der Waals surface area (Å²) >= 11 is 0. The average Bonchev–Trinajstić information content (AvgIpc) is 3.15. The summed E-state index contributed by atoms with van der Waals surface area (Å²) in [4.78, 5) is 27.4. The molecule has 0 aliphatic heterocycles. The molecule has 7 nitrogen and oxygen atoms in total. The molecular weight excluding hydrogens is 286 g/mol. The van der Waals surface area contributed by atoms with Crippen LogP contribution in [0.2, 0.25) is 0 Å². The molecule has 1 aromatic rings. The number of carbonyl (C=O) groups is 2. The van der Waals surface area contributed by atoms with Gasteiger partial charge in [-0.25, -0.2) is 4.79 Å². The van der Waals surface area contributed by atoms with E-state index in [0.717, 1.165) is 18.7 Å². The monoisotopic (exact) mass is 309 g/mol. The van der Waals surface area contributed by atoms with Crippen molar-refractivity contribution >= 4 is 11.9 Å². The lowest BCUT2D eigenvalue weighted by Crippen LogP contribution is -2.51. The Balaban J connectivity index is 1.84. The molecule has 0 aromatic carbocycles. The number of aryl methyl sites for hydroxylation is 1. The first-order valence-corrected chi connectivity index (χ1v) is 7.81. The van der Waals surface area contributed by atoms with Crippen molar-refractivity contribution in [3.8, 4) is 0 Å². The van der Waals surface area contributed by atoms with Gasteiger partial charge in [0, 0.05) is 18.8 Å². The van der Waals surface area contributed by atoms with E-state index in [4.69, 9.17) is 9.63 Å². The van der Waals surface area contributed by atoms with Gasteiger partial charge in [0.05, 0.1) is 0 Å². The lowest BCUT2D eigenvalue weighted by molar-refractivity contribution is -0.147. The Labute approximate surface area is 129 Å². The second kappa shape index (κ2) is 6.89. The van der Waals surface area contributed by atoms with Crippen molar-refractivity contribution in [1.29, 1.82) is 0 Å². The lowest BCUT2D eigenvalue weighted by Gasteiger charge is -2.24. The van der Waals surface area contributed by atoms with Crippen LogP contribution >= 0.6 is 0 Å². The van der Waals surface area contributed by atoms with Gasteiger partial charge in [0.25, 0.3) is 0 Å². The van der Waals surface area contributed by atoms with Crippen molar-refractivity contribution < 1.29 is 19.2 Å². The molecule has 0 bridgehead atoms. The Hall–Kier alpha value is -1.92. The summed E-state index contributed by atoms with van der Waals surface area (Å²) in [6.45, 7) is 3.22. The van der Waals surface area contributed by atoms with Gasteiger partial charge >= 0.3 is 5.97 Å². The second-order valence-corrected chi connectivity index (χ2v) is 6.07. The third-order valence-corrected chi connectivity index (χ3v) is 4.36. The molecule has 1 aliphatic carbocycles. The summed E-state index contributed by atoms with van der Waals surface area (Å²) in [5.41, 5.74) is -1.24. The second-order valence-electron chi connectivity index (χ2n) is 6.07. The Bertz CT molecular complexity index is 537. The first kappa shape index (κ1) is 16.5. The highest BCUT2D eigenvalue weighted by atomic mass is 16.5. The van der Waals surface area contributed by atoms with Gasteiger partial charge in [0.2, 0.25) is 11.8 Å². The molecule has 0 saturated heterocycles. The van der Waals surface area contributed by atoms with E-state index in [1.807, 2.05) is 0 Å². The fourth-order valence-electron chi connectivity index (χ4n) is 2.60. The first-order valence-electron chi connectivity index (χ1n) is 7.81. The Morgan fingerprint density at radius 3 is 2.68 bits per heavy atom. The summed E-state index contributed by atoms with van der Waals surface area (Å²) in [7, 11) is 0. The molecule has 1 saturated carbocycles. The smallest absolute Gasteiger partial charge is 0.329 e. The minimum Gasteiger partial charge on any atom is -0.480 e. The predicted octanol–water partition coefficient (Wildman–Crippen LogP) is 2.03. The van der Waals surface area contributed by atoms with Gasteiger partial charge in [-0.2, -0.15) is 4.98 Å². The van der Waals surface area contributed by atoms with Crippen molar-refractivity contribution in [2.24, 2.45) is 0 Å². The van der Waals surface area contributed by atoms with Crippen molar-refractivity contribution in [1.82, 2.24) is 15.5 Å². The van der Waals surface area contributed by atoms with Gasteiger partial charge in [0.15, 0.2) is 5.82 Å². The number of rotatable bonds is 7. The number of hydrogen-bond donors (Lipinski definition) is 2. The number of aliphatic carboxylic acids is 1. The minimum absolute atomic E-state index is 0.134. The van der Waals surface area contributed by atoms with Crippen molar-refractivity contribution in [2.75, 3.05) is 0 Å². The van der Waals surface area contributed by atoms with Crippen LogP contribution in [-0.4, -0.2) is 32.7 Å². The van der Waals surface area contributed by atoms with E-state index in [-0.39, 0.29) is 12.3 Å². The van der Waals surface area contributed by atoms with Gasteiger partial charge in [-0.15, -0.1) is 0 Å². The van der Waals surface area contributed by atoms with Gasteiger partial charge in [-0.1, -0.05) is 24.9 Å². The molecule has 1 heterocycles.